The van der Waals surface area contributed by atoms with E-state index in [9.17, 15) is 4.39 Å². The van der Waals surface area contributed by atoms with Gasteiger partial charge in [-0.2, -0.15) is 0 Å². The minimum atomic E-state index is -0.165. The molecule has 1 saturated heterocycles. The van der Waals surface area contributed by atoms with Gasteiger partial charge in [0.1, 0.15) is 5.82 Å². The van der Waals surface area contributed by atoms with Crippen LogP contribution < -0.4 is 5.73 Å². The first-order valence-electron chi connectivity index (χ1n) is 7.57. The summed E-state index contributed by atoms with van der Waals surface area (Å²) in [7, 11) is 0. The van der Waals surface area contributed by atoms with Crippen LogP contribution in [-0.4, -0.2) is 42.7 Å². The van der Waals surface area contributed by atoms with Gasteiger partial charge in [0.05, 0.1) is 18.8 Å². The molecule has 4 nitrogen and oxygen atoms in total. The van der Waals surface area contributed by atoms with Crippen molar-refractivity contribution in [2.24, 2.45) is 10.7 Å². The zero-order valence-electron chi connectivity index (χ0n) is 12.7. The lowest BCUT2D eigenvalue weighted by molar-refractivity contribution is 0.00512. The maximum atomic E-state index is 13.2. The normalized spacial score (nSPS) is 28.7. The van der Waals surface area contributed by atoms with E-state index in [1.165, 1.54) is 6.07 Å². The molecule has 3 rings (SSSR count). The molecule has 0 bridgehead atoms. The summed E-state index contributed by atoms with van der Waals surface area (Å²) in [4.78, 5) is 6.70. The lowest BCUT2D eigenvalue weighted by Gasteiger charge is -2.36. The molecule has 1 atom stereocenters. The van der Waals surface area contributed by atoms with Crippen LogP contribution in [0.5, 0.6) is 0 Å². The number of benzene rings is 1. The van der Waals surface area contributed by atoms with Gasteiger partial charge in [0.15, 0.2) is 5.96 Å². The second-order valence-corrected chi connectivity index (χ2v) is 5.99. The lowest BCUT2D eigenvalue weighted by Crippen LogP contribution is -2.48. The number of nitrogens with two attached hydrogens (primary N) is 1. The van der Waals surface area contributed by atoms with Crippen molar-refractivity contribution in [3.8, 4) is 0 Å². The third-order valence-corrected chi connectivity index (χ3v) is 4.31. The Hall–Kier alpha value is -0.890. The summed E-state index contributed by atoms with van der Waals surface area (Å²) in [6.07, 6.45) is 2.10. The van der Waals surface area contributed by atoms with Gasteiger partial charge < -0.3 is 15.4 Å². The van der Waals surface area contributed by atoms with Gasteiger partial charge in [-0.05, 0) is 43.4 Å². The van der Waals surface area contributed by atoms with Crippen LogP contribution in [0.4, 0.5) is 4.39 Å². The van der Waals surface area contributed by atoms with Crippen molar-refractivity contribution in [1.82, 2.24) is 4.90 Å². The van der Waals surface area contributed by atoms with Gasteiger partial charge in [-0.3, -0.25) is 0 Å². The highest BCUT2D eigenvalue weighted by atomic mass is 127. The van der Waals surface area contributed by atoms with E-state index < -0.39 is 0 Å². The second-order valence-electron chi connectivity index (χ2n) is 5.99. The molecule has 1 aromatic carbocycles. The van der Waals surface area contributed by atoms with E-state index in [4.69, 9.17) is 10.5 Å². The highest BCUT2D eigenvalue weighted by Crippen LogP contribution is 2.38. The van der Waals surface area contributed by atoms with Crippen molar-refractivity contribution in [3.63, 3.8) is 0 Å². The van der Waals surface area contributed by atoms with Crippen LogP contribution in [0.1, 0.15) is 31.2 Å². The first-order chi connectivity index (χ1) is 10.1. The molecule has 0 aromatic heterocycles. The van der Waals surface area contributed by atoms with E-state index in [0.717, 1.165) is 31.5 Å². The Morgan fingerprint density at radius 1 is 1.41 bits per heavy atom. The first kappa shape index (κ1) is 17.5. The first-order valence-corrected chi connectivity index (χ1v) is 7.57. The standard InChI is InChI=1S/C16H22FN3O.HI/c1-11-10-20(5-6-21-11)16(18)19-15-8-13(9-15)12-3-2-4-14(17)7-12;/h2-4,7,11,13,15H,5-6,8-10H2,1H3,(H2,18,19);1H. The van der Waals surface area contributed by atoms with Gasteiger partial charge >= 0.3 is 0 Å². The number of halogens is 2. The fraction of sp³-hybridized carbons (Fsp3) is 0.562. The average molecular weight is 419 g/mol. The Kier molecular flexibility index (Phi) is 6.02. The van der Waals surface area contributed by atoms with Gasteiger partial charge in [0.2, 0.25) is 0 Å². The maximum Gasteiger partial charge on any atom is 0.191 e. The van der Waals surface area contributed by atoms with Gasteiger partial charge in [0, 0.05) is 13.1 Å². The van der Waals surface area contributed by atoms with E-state index in [2.05, 4.69) is 9.89 Å². The molecule has 2 N–H and O–H groups in total. The fourth-order valence-corrected chi connectivity index (χ4v) is 3.02. The molecule has 1 aliphatic carbocycles. The summed E-state index contributed by atoms with van der Waals surface area (Å²) in [5.74, 6) is 0.861. The van der Waals surface area contributed by atoms with Crippen molar-refractivity contribution < 1.29 is 9.13 Å². The number of rotatable bonds is 2. The molecule has 0 amide bonds. The molecule has 0 spiro atoms. The molecule has 2 fully saturated rings. The molecule has 2 aliphatic rings. The molecule has 1 aliphatic heterocycles. The Balaban J connectivity index is 0.00000176. The Labute approximate surface area is 147 Å². The van der Waals surface area contributed by atoms with Crippen LogP contribution in [0.15, 0.2) is 29.3 Å². The number of guanidine groups is 1. The molecule has 0 radical (unpaired) electrons. The summed E-state index contributed by atoms with van der Waals surface area (Å²) < 4.78 is 18.7. The van der Waals surface area contributed by atoms with Crippen LogP contribution in [0.3, 0.4) is 0 Å². The minimum absolute atomic E-state index is 0. The van der Waals surface area contributed by atoms with E-state index in [0.29, 0.717) is 18.5 Å². The van der Waals surface area contributed by atoms with Crippen LogP contribution in [0.2, 0.25) is 0 Å². The molecular formula is C16H23FIN3O. The van der Waals surface area contributed by atoms with Crippen molar-refractivity contribution >= 4 is 29.9 Å². The number of morpholine rings is 1. The monoisotopic (exact) mass is 419 g/mol. The molecule has 122 valence electrons. The van der Waals surface area contributed by atoms with Gasteiger partial charge in [0.25, 0.3) is 0 Å². The number of aliphatic imine (C=N–C) groups is 1. The third-order valence-electron chi connectivity index (χ3n) is 4.31. The molecule has 6 heteroatoms. The Morgan fingerprint density at radius 3 is 2.86 bits per heavy atom. The van der Waals surface area contributed by atoms with Gasteiger partial charge in [-0.25, -0.2) is 9.38 Å². The summed E-state index contributed by atoms with van der Waals surface area (Å²) in [5.41, 5.74) is 7.16. The lowest BCUT2D eigenvalue weighted by atomic mass is 9.76. The Bertz CT molecular complexity index is 534. The maximum absolute atomic E-state index is 13.2. The van der Waals surface area contributed by atoms with Crippen LogP contribution >= 0.6 is 24.0 Å². The summed E-state index contributed by atoms with van der Waals surface area (Å²) in [5, 5.41) is 0. The molecule has 1 heterocycles. The highest BCUT2D eigenvalue weighted by molar-refractivity contribution is 14.0. The molecule has 22 heavy (non-hydrogen) atoms. The number of hydrogen-bond acceptors (Lipinski definition) is 2. The number of hydrogen-bond donors (Lipinski definition) is 1. The predicted molar refractivity (Wildman–Crippen MR) is 96.2 cm³/mol. The van der Waals surface area contributed by atoms with E-state index in [-0.39, 0.29) is 41.9 Å². The quantitative estimate of drug-likeness (QED) is 0.456. The summed E-state index contributed by atoms with van der Waals surface area (Å²) in [6, 6.07) is 7.12. The third kappa shape index (κ3) is 4.10. The number of ether oxygens (including phenoxy) is 1. The zero-order valence-corrected chi connectivity index (χ0v) is 15.1. The highest BCUT2D eigenvalue weighted by Gasteiger charge is 2.31. The molecule has 1 unspecified atom stereocenters. The molecule has 1 saturated carbocycles. The molecular weight excluding hydrogens is 396 g/mol. The van der Waals surface area contributed by atoms with Gasteiger partial charge in [-0.15, -0.1) is 24.0 Å². The van der Waals surface area contributed by atoms with Crippen LogP contribution in [0, 0.1) is 5.82 Å². The number of nitrogens with zero attached hydrogens (tertiary/aromatic N) is 2. The summed E-state index contributed by atoms with van der Waals surface area (Å²) >= 11 is 0. The van der Waals surface area contributed by atoms with Crippen molar-refractivity contribution in [1.29, 1.82) is 0 Å². The zero-order chi connectivity index (χ0) is 14.8. The average Bonchev–Trinajstić information content (AvgIpc) is 2.42. The van der Waals surface area contributed by atoms with Crippen LogP contribution in [-0.2, 0) is 4.74 Å². The molecule has 1 aromatic rings. The van der Waals surface area contributed by atoms with Crippen molar-refractivity contribution in [2.75, 3.05) is 19.7 Å². The van der Waals surface area contributed by atoms with Gasteiger partial charge in [-0.1, -0.05) is 12.1 Å². The summed E-state index contributed by atoms with van der Waals surface area (Å²) in [6.45, 7) is 4.35. The fourth-order valence-electron chi connectivity index (χ4n) is 3.02. The smallest absolute Gasteiger partial charge is 0.191 e. The van der Waals surface area contributed by atoms with Crippen LogP contribution in [0.25, 0.3) is 0 Å². The predicted octanol–water partition coefficient (Wildman–Crippen LogP) is 2.73. The van der Waals surface area contributed by atoms with E-state index in [1.54, 1.807) is 12.1 Å². The van der Waals surface area contributed by atoms with Crippen molar-refractivity contribution in [3.05, 3.63) is 35.6 Å². The van der Waals surface area contributed by atoms with E-state index in [1.807, 2.05) is 13.0 Å². The largest absolute Gasteiger partial charge is 0.375 e. The SMILES string of the molecule is CC1CN(C(N)=NC2CC(c3cccc(F)c3)C2)CCO1.I. The minimum Gasteiger partial charge on any atom is -0.375 e. The Morgan fingerprint density at radius 2 is 2.18 bits per heavy atom. The topological polar surface area (TPSA) is 50.8 Å². The second kappa shape index (κ2) is 7.59. The van der Waals surface area contributed by atoms with Crippen molar-refractivity contribution in [2.45, 2.75) is 37.8 Å². The van der Waals surface area contributed by atoms with E-state index >= 15 is 0 Å².